The summed E-state index contributed by atoms with van der Waals surface area (Å²) in [5, 5.41) is 3.79. The van der Waals surface area contributed by atoms with Crippen molar-refractivity contribution in [3.05, 3.63) is 35.7 Å². The molecule has 0 aliphatic heterocycles. The van der Waals surface area contributed by atoms with Crippen molar-refractivity contribution >= 4 is 15.7 Å². The highest BCUT2D eigenvalue weighted by molar-refractivity contribution is 7.89. The van der Waals surface area contributed by atoms with E-state index < -0.39 is 10.0 Å². The van der Waals surface area contributed by atoms with Crippen molar-refractivity contribution in [1.29, 1.82) is 0 Å². The standard InChI is InChI=1S/C13H17N3O4S/c1-9-6-11(15-20-9)8-16(2)21(17,18)13-7-10(14)4-5-12(13)19-3/h4-7H,8,14H2,1-3H3. The first-order valence-corrected chi connectivity index (χ1v) is 7.60. The maximum atomic E-state index is 12.6. The Hall–Kier alpha value is -2.06. The van der Waals surface area contributed by atoms with Gasteiger partial charge in [0.05, 0.1) is 19.3 Å². The van der Waals surface area contributed by atoms with Crippen LogP contribution < -0.4 is 10.5 Å². The topological polar surface area (TPSA) is 98.7 Å². The molecule has 0 bridgehead atoms. The molecule has 2 N–H and O–H groups in total. The zero-order chi connectivity index (χ0) is 15.6. The molecule has 7 nitrogen and oxygen atoms in total. The van der Waals surface area contributed by atoms with Gasteiger partial charge in [-0.2, -0.15) is 4.31 Å². The summed E-state index contributed by atoms with van der Waals surface area (Å²) in [4.78, 5) is 0.0210. The van der Waals surface area contributed by atoms with Gasteiger partial charge in [-0.25, -0.2) is 8.42 Å². The van der Waals surface area contributed by atoms with Gasteiger partial charge in [0.15, 0.2) is 0 Å². The monoisotopic (exact) mass is 311 g/mol. The lowest BCUT2D eigenvalue weighted by atomic mass is 10.3. The molecule has 1 aromatic carbocycles. The lowest BCUT2D eigenvalue weighted by Gasteiger charge is -2.18. The quantitative estimate of drug-likeness (QED) is 0.838. The lowest BCUT2D eigenvalue weighted by Crippen LogP contribution is -2.27. The number of ether oxygens (including phenoxy) is 1. The summed E-state index contributed by atoms with van der Waals surface area (Å²) in [7, 11) is -0.878. The van der Waals surface area contributed by atoms with Crippen molar-refractivity contribution in [2.75, 3.05) is 19.9 Å². The second-order valence-electron chi connectivity index (χ2n) is 4.60. The fourth-order valence-electron chi connectivity index (χ4n) is 1.87. The van der Waals surface area contributed by atoms with Gasteiger partial charge < -0.3 is 15.0 Å². The Morgan fingerprint density at radius 1 is 1.38 bits per heavy atom. The number of nitrogens with two attached hydrogens (primary N) is 1. The van der Waals surface area contributed by atoms with E-state index >= 15 is 0 Å². The molecule has 0 amide bonds. The molecule has 0 unspecified atom stereocenters. The number of aryl methyl sites for hydroxylation is 1. The molecule has 2 rings (SSSR count). The number of benzene rings is 1. The molecule has 1 aromatic heterocycles. The van der Waals surface area contributed by atoms with E-state index in [1.807, 2.05) is 0 Å². The summed E-state index contributed by atoms with van der Waals surface area (Å²) in [6.45, 7) is 1.84. The van der Waals surface area contributed by atoms with E-state index in [9.17, 15) is 8.42 Å². The Morgan fingerprint density at radius 2 is 2.10 bits per heavy atom. The molecule has 0 atom stereocenters. The molecule has 21 heavy (non-hydrogen) atoms. The number of sulfonamides is 1. The van der Waals surface area contributed by atoms with E-state index in [1.165, 1.54) is 30.6 Å². The van der Waals surface area contributed by atoms with Gasteiger partial charge in [-0.3, -0.25) is 0 Å². The van der Waals surface area contributed by atoms with E-state index in [-0.39, 0.29) is 17.2 Å². The number of aromatic nitrogens is 1. The Kier molecular flexibility index (Phi) is 4.19. The first-order chi connectivity index (χ1) is 9.84. The maximum absolute atomic E-state index is 12.6. The minimum Gasteiger partial charge on any atom is -0.495 e. The van der Waals surface area contributed by atoms with Crippen LogP contribution in [0, 0.1) is 6.92 Å². The van der Waals surface area contributed by atoms with Crippen LogP contribution in [0.1, 0.15) is 11.5 Å². The molecular weight excluding hydrogens is 294 g/mol. The predicted octanol–water partition coefficient (Wildman–Crippen LogP) is 1.39. The highest BCUT2D eigenvalue weighted by Gasteiger charge is 2.26. The smallest absolute Gasteiger partial charge is 0.246 e. The van der Waals surface area contributed by atoms with Crippen LogP contribution in [0.15, 0.2) is 33.7 Å². The first-order valence-electron chi connectivity index (χ1n) is 6.16. The minimum atomic E-state index is -3.75. The average molecular weight is 311 g/mol. The van der Waals surface area contributed by atoms with Gasteiger partial charge in [-0.1, -0.05) is 5.16 Å². The van der Waals surface area contributed by atoms with Crippen molar-refractivity contribution in [2.45, 2.75) is 18.4 Å². The number of rotatable bonds is 5. The van der Waals surface area contributed by atoms with E-state index in [4.69, 9.17) is 15.0 Å². The van der Waals surface area contributed by atoms with Gasteiger partial charge >= 0.3 is 0 Å². The molecule has 1 heterocycles. The third-order valence-electron chi connectivity index (χ3n) is 2.94. The number of nitrogens with zero attached hydrogens (tertiary/aromatic N) is 2. The summed E-state index contributed by atoms with van der Waals surface area (Å²) in [5.74, 6) is 0.865. The number of anilines is 1. The van der Waals surface area contributed by atoms with Crippen LogP contribution in [0.4, 0.5) is 5.69 Å². The van der Waals surface area contributed by atoms with Crippen molar-refractivity contribution in [2.24, 2.45) is 0 Å². The summed E-state index contributed by atoms with van der Waals surface area (Å²) in [6, 6.07) is 6.16. The average Bonchev–Trinajstić information content (AvgIpc) is 2.84. The van der Waals surface area contributed by atoms with Crippen LogP contribution in [0.2, 0.25) is 0 Å². The van der Waals surface area contributed by atoms with Crippen molar-refractivity contribution in [1.82, 2.24) is 9.46 Å². The highest BCUT2D eigenvalue weighted by Crippen LogP contribution is 2.28. The normalized spacial score (nSPS) is 11.8. The van der Waals surface area contributed by atoms with Gasteiger partial charge in [0.2, 0.25) is 10.0 Å². The maximum Gasteiger partial charge on any atom is 0.246 e. The van der Waals surface area contributed by atoms with E-state index in [0.717, 1.165) is 0 Å². The summed E-state index contributed by atoms with van der Waals surface area (Å²) < 4.78 is 36.4. The second kappa shape index (κ2) is 5.74. The van der Waals surface area contributed by atoms with Crippen LogP contribution in [0.5, 0.6) is 5.75 Å². The zero-order valence-electron chi connectivity index (χ0n) is 12.0. The third-order valence-corrected chi connectivity index (χ3v) is 4.76. The number of hydrogen-bond donors (Lipinski definition) is 1. The molecular formula is C13H17N3O4S. The van der Waals surface area contributed by atoms with Crippen molar-refractivity contribution < 1.29 is 17.7 Å². The van der Waals surface area contributed by atoms with Gasteiger partial charge in [0, 0.05) is 18.8 Å². The molecule has 8 heteroatoms. The van der Waals surface area contributed by atoms with Crippen LogP contribution in [-0.2, 0) is 16.6 Å². The molecule has 0 saturated carbocycles. The minimum absolute atomic E-state index is 0.0210. The molecule has 0 spiro atoms. The van der Waals surface area contributed by atoms with E-state index in [1.54, 1.807) is 19.1 Å². The molecule has 0 fully saturated rings. The SMILES string of the molecule is COc1ccc(N)cc1S(=O)(=O)N(C)Cc1cc(C)on1. The second-order valence-corrected chi connectivity index (χ2v) is 6.61. The molecule has 0 aliphatic carbocycles. The molecule has 0 saturated heterocycles. The summed E-state index contributed by atoms with van der Waals surface area (Å²) in [6.07, 6.45) is 0. The fraction of sp³-hybridized carbons (Fsp3) is 0.308. The van der Waals surface area contributed by atoms with Crippen LogP contribution in [-0.4, -0.2) is 32.0 Å². The Labute approximate surface area is 123 Å². The fourth-order valence-corrected chi connectivity index (χ4v) is 3.20. The van der Waals surface area contributed by atoms with Crippen LogP contribution in [0.3, 0.4) is 0 Å². The van der Waals surface area contributed by atoms with Crippen molar-refractivity contribution in [3.8, 4) is 5.75 Å². The Morgan fingerprint density at radius 3 is 2.67 bits per heavy atom. The summed E-state index contributed by atoms with van der Waals surface area (Å²) >= 11 is 0. The predicted molar refractivity (Wildman–Crippen MR) is 77.3 cm³/mol. The first kappa shape index (κ1) is 15.3. The largest absolute Gasteiger partial charge is 0.495 e. The molecule has 0 aliphatic rings. The third kappa shape index (κ3) is 3.17. The van der Waals surface area contributed by atoms with E-state index in [0.29, 0.717) is 17.1 Å². The van der Waals surface area contributed by atoms with Gasteiger partial charge in [-0.05, 0) is 25.1 Å². The zero-order valence-corrected chi connectivity index (χ0v) is 12.8. The van der Waals surface area contributed by atoms with E-state index in [2.05, 4.69) is 5.16 Å². The van der Waals surface area contributed by atoms with Gasteiger partial charge in [0.25, 0.3) is 0 Å². The van der Waals surface area contributed by atoms with Crippen molar-refractivity contribution in [3.63, 3.8) is 0 Å². The molecule has 2 aromatic rings. The van der Waals surface area contributed by atoms with Crippen LogP contribution in [0.25, 0.3) is 0 Å². The molecule has 0 radical (unpaired) electrons. The highest BCUT2D eigenvalue weighted by atomic mass is 32.2. The number of hydrogen-bond acceptors (Lipinski definition) is 6. The lowest BCUT2D eigenvalue weighted by molar-refractivity contribution is 0.376. The summed E-state index contributed by atoms with van der Waals surface area (Å²) in [5.41, 5.74) is 6.55. The van der Waals surface area contributed by atoms with Crippen LogP contribution >= 0.6 is 0 Å². The number of methoxy groups -OCH3 is 1. The molecule has 114 valence electrons. The number of nitrogen functional groups attached to an aromatic ring is 1. The van der Waals surface area contributed by atoms with Gasteiger partial charge in [-0.15, -0.1) is 0 Å². The Balaban J connectivity index is 2.35. The Bertz CT molecular complexity index is 740. The van der Waals surface area contributed by atoms with Gasteiger partial charge in [0.1, 0.15) is 16.4 Å².